The van der Waals surface area contributed by atoms with Crippen LogP contribution in [0.2, 0.25) is 0 Å². The summed E-state index contributed by atoms with van der Waals surface area (Å²) in [6.45, 7) is 2.08. The van der Waals surface area contributed by atoms with Gasteiger partial charge < -0.3 is 17.2 Å². The monoisotopic (exact) mass is 402 g/mol. The first kappa shape index (κ1) is 20.4. The van der Waals surface area contributed by atoms with Gasteiger partial charge in [0.25, 0.3) is 0 Å². The van der Waals surface area contributed by atoms with Gasteiger partial charge in [-0.15, -0.1) is 0 Å². The molecule has 4 rings (SSSR count). The van der Waals surface area contributed by atoms with Crippen molar-refractivity contribution >= 4 is 28.5 Å². The number of aromatic nitrogens is 4. The molecule has 8 nitrogen and oxygen atoms in total. The highest BCUT2D eigenvalue weighted by molar-refractivity contribution is 5.82. The van der Waals surface area contributed by atoms with E-state index in [0.29, 0.717) is 5.52 Å². The Bertz CT molecular complexity index is 1210. The maximum absolute atomic E-state index is 13.3. The molecule has 0 saturated carbocycles. The Morgan fingerprint density at radius 1 is 1.00 bits per heavy atom. The van der Waals surface area contributed by atoms with Crippen LogP contribution in [0, 0.1) is 17.1 Å². The van der Waals surface area contributed by atoms with E-state index in [4.69, 9.17) is 22.5 Å². The Balaban J connectivity index is 0.000000199. The third-order valence-corrected chi connectivity index (χ3v) is 4.24. The van der Waals surface area contributed by atoms with E-state index >= 15 is 0 Å². The van der Waals surface area contributed by atoms with E-state index in [1.165, 1.54) is 12.1 Å². The average Bonchev–Trinajstić information content (AvgIpc) is 2.73. The molecule has 0 radical (unpaired) electrons. The summed E-state index contributed by atoms with van der Waals surface area (Å²) in [6, 6.07) is 14.2. The minimum Gasteiger partial charge on any atom is -0.382 e. The number of fused-ring (bicyclic) bond motifs is 1. The number of rotatable bonds is 2. The fourth-order valence-corrected chi connectivity index (χ4v) is 2.81. The predicted octanol–water partition coefficient (Wildman–Crippen LogP) is 3.09. The van der Waals surface area contributed by atoms with Gasteiger partial charge in [-0.25, -0.2) is 9.37 Å². The van der Waals surface area contributed by atoms with Crippen LogP contribution >= 0.6 is 0 Å². The quantitative estimate of drug-likeness (QED) is 0.462. The average molecular weight is 402 g/mol. The first-order valence-corrected chi connectivity index (χ1v) is 9.02. The number of benzene rings is 1. The maximum Gasteiger partial charge on any atom is 0.224 e. The lowest BCUT2D eigenvalue weighted by molar-refractivity contribution is 0.629. The molecular weight excluding hydrogens is 383 g/mol. The summed E-state index contributed by atoms with van der Waals surface area (Å²) < 4.78 is 13.3. The number of halogens is 1. The molecule has 0 bridgehead atoms. The van der Waals surface area contributed by atoms with Crippen LogP contribution < -0.4 is 17.2 Å². The van der Waals surface area contributed by atoms with Gasteiger partial charge in [0, 0.05) is 17.6 Å². The van der Waals surface area contributed by atoms with Crippen LogP contribution in [0.3, 0.4) is 0 Å². The number of aryl methyl sites for hydroxylation is 1. The standard InChI is InChI=1S/C16H13FN2.C5H6N6/c1-2-11-9-12-6-7-13(17)10-15(12)19-16(11)14-5-3-4-8-18-14;6-1-2-3(7)10-5(9)11-4(2)8/h3-10H,2H2,1H3;(H6,7,8,9,10,11). The van der Waals surface area contributed by atoms with Crippen molar-refractivity contribution in [2.45, 2.75) is 13.3 Å². The molecule has 0 aliphatic carbocycles. The molecular formula is C21H19FN8. The molecule has 0 amide bonds. The third-order valence-electron chi connectivity index (χ3n) is 4.24. The number of hydrogen-bond acceptors (Lipinski definition) is 8. The lowest BCUT2D eigenvalue weighted by Crippen LogP contribution is -2.06. The van der Waals surface area contributed by atoms with Gasteiger partial charge in [-0.05, 0) is 42.3 Å². The smallest absolute Gasteiger partial charge is 0.224 e. The van der Waals surface area contributed by atoms with Gasteiger partial charge in [0.2, 0.25) is 5.95 Å². The molecule has 3 heterocycles. The number of anilines is 3. The molecule has 0 fully saturated rings. The zero-order chi connectivity index (χ0) is 21.7. The minimum absolute atomic E-state index is 0.0116. The lowest BCUT2D eigenvalue weighted by atomic mass is 10.0. The fraction of sp³-hybridized carbons (Fsp3) is 0.0952. The zero-order valence-corrected chi connectivity index (χ0v) is 16.2. The molecule has 9 heteroatoms. The van der Waals surface area contributed by atoms with Gasteiger partial charge in [0.1, 0.15) is 29.1 Å². The van der Waals surface area contributed by atoms with Crippen LogP contribution in [0.5, 0.6) is 0 Å². The summed E-state index contributed by atoms with van der Waals surface area (Å²) >= 11 is 0. The molecule has 0 unspecified atom stereocenters. The molecule has 30 heavy (non-hydrogen) atoms. The lowest BCUT2D eigenvalue weighted by Gasteiger charge is -2.08. The number of hydrogen-bond donors (Lipinski definition) is 3. The van der Waals surface area contributed by atoms with Crippen LogP contribution in [0.25, 0.3) is 22.3 Å². The predicted molar refractivity (Wildman–Crippen MR) is 114 cm³/mol. The van der Waals surface area contributed by atoms with E-state index in [1.807, 2.05) is 18.2 Å². The van der Waals surface area contributed by atoms with Crippen molar-refractivity contribution in [3.63, 3.8) is 0 Å². The van der Waals surface area contributed by atoms with E-state index in [2.05, 4.69) is 32.9 Å². The first-order chi connectivity index (χ1) is 14.4. The highest BCUT2D eigenvalue weighted by atomic mass is 19.1. The second kappa shape index (κ2) is 8.79. The topological polar surface area (TPSA) is 153 Å². The van der Waals surface area contributed by atoms with Crippen LogP contribution in [0.15, 0.2) is 48.7 Å². The zero-order valence-electron chi connectivity index (χ0n) is 16.2. The SMILES string of the molecule is CCc1cc2ccc(F)cc2nc1-c1ccccn1.N#Cc1c(N)nc(N)nc1N. The van der Waals surface area contributed by atoms with Gasteiger partial charge in [0.15, 0.2) is 0 Å². The number of nitrogens with two attached hydrogens (primary N) is 3. The second-order valence-corrected chi connectivity index (χ2v) is 6.24. The summed E-state index contributed by atoms with van der Waals surface area (Å²) in [7, 11) is 0. The molecule has 0 saturated heterocycles. The maximum atomic E-state index is 13.3. The molecule has 150 valence electrons. The molecule has 4 aromatic rings. The summed E-state index contributed by atoms with van der Waals surface area (Å²) in [6.07, 6.45) is 2.61. The van der Waals surface area contributed by atoms with Crippen molar-refractivity contribution in [2.24, 2.45) is 0 Å². The largest absolute Gasteiger partial charge is 0.382 e. The molecule has 0 aliphatic heterocycles. The Kier molecular flexibility index (Phi) is 5.98. The highest BCUT2D eigenvalue weighted by Gasteiger charge is 2.09. The molecule has 0 atom stereocenters. The Labute approximate surface area is 172 Å². The van der Waals surface area contributed by atoms with Crippen LogP contribution in [0.1, 0.15) is 18.1 Å². The fourth-order valence-electron chi connectivity index (χ4n) is 2.81. The van der Waals surface area contributed by atoms with E-state index in [1.54, 1.807) is 18.3 Å². The number of nitriles is 1. The van der Waals surface area contributed by atoms with Crippen LogP contribution in [0.4, 0.5) is 22.0 Å². The van der Waals surface area contributed by atoms with E-state index in [-0.39, 0.29) is 29.0 Å². The van der Waals surface area contributed by atoms with Crippen LogP contribution in [-0.2, 0) is 6.42 Å². The summed E-state index contributed by atoms with van der Waals surface area (Å²) in [5, 5.41) is 9.42. The minimum atomic E-state index is -0.267. The summed E-state index contributed by atoms with van der Waals surface area (Å²) in [5.41, 5.74) is 19.3. The normalized spacial score (nSPS) is 10.2. The van der Waals surface area contributed by atoms with Crippen LogP contribution in [-0.4, -0.2) is 19.9 Å². The van der Waals surface area contributed by atoms with Crippen molar-refractivity contribution in [2.75, 3.05) is 17.2 Å². The van der Waals surface area contributed by atoms with Gasteiger partial charge in [-0.2, -0.15) is 15.2 Å². The number of nitrogens with zero attached hydrogens (tertiary/aromatic N) is 5. The number of nitrogen functional groups attached to an aromatic ring is 3. The molecule has 0 aliphatic rings. The summed E-state index contributed by atoms with van der Waals surface area (Å²) in [5.74, 6) is -0.273. The van der Waals surface area contributed by atoms with Gasteiger partial charge in [0.05, 0.1) is 16.9 Å². The molecule has 6 N–H and O–H groups in total. The Morgan fingerprint density at radius 2 is 1.73 bits per heavy atom. The summed E-state index contributed by atoms with van der Waals surface area (Å²) in [4.78, 5) is 16.0. The van der Waals surface area contributed by atoms with Crippen molar-refractivity contribution in [3.8, 4) is 17.5 Å². The van der Waals surface area contributed by atoms with Gasteiger partial charge in [-0.3, -0.25) is 4.98 Å². The van der Waals surface area contributed by atoms with E-state index in [0.717, 1.165) is 28.8 Å². The van der Waals surface area contributed by atoms with Crippen molar-refractivity contribution in [3.05, 3.63) is 65.6 Å². The van der Waals surface area contributed by atoms with Crippen molar-refractivity contribution in [1.29, 1.82) is 5.26 Å². The number of pyridine rings is 2. The molecule has 1 aromatic carbocycles. The Hall–Kier alpha value is -4.32. The van der Waals surface area contributed by atoms with Crippen molar-refractivity contribution < 1.29 is 4.39 Å². The first-order valence-electron chi connectivity index (χ1n) is 9.02. The molecule has 3 aromatic heterocycles. The van der Waals surface area contributed by atoms with E-state index in [9.17, 15) is 4.39 Å². The second-order valence-electron chi connectivity index (χ2n) is 6.24. The van der Waals surface area contributed by atoms with Gasteiger partial charge >= 0.3 is 0 Å². The third kappa shape index (κ3) is 4.39. The Morgan fingerprint density at radius 3 is 2.33 bits per heavy atom. The van der Waals surface area contributed by atoms with Gasteiger partial charge in [-0.1, -0.05) is 13.0 Å². The van der Waals surface area contributed by atoms with Crippen molar-refractivity contribution in [1.82, 2.24) is 19.9 Å². The molecule has 0 spiro atoms. The van der Waals surface area contributed by atoms with E-state index < -0.39 is 0 Å². The highest BCUT2D eigenvalue weighted by Crippen LogP contribution is 2.25.